The quantitative estimate of drug-likeness (QED) is 0.638. The topological polar surface area (TPSA) is 70.7 Å². The van der Waals surface area contributed by atoms with E-state index in [0.29, 0.717) is 17.7 Å². The number of para-hydroxylation sites is 1. The second kappa shape index (κ2) is 7.67. The average molecular weight is 431 g/mol. The second-order valence-corrected chi connectivity index (χ2v) is 8.22. The lowest BCUT2D eigenvalue weighted by molar-refractivity contribution is 0.0378. The van der Waals surface area contributed by atoms with Crippen LogP contribution in [-0.2, 0) is 6.54 Å². The standard InChI is InChI=1S/C25H22FN3O3/c1-25-14-21(20-7-2-3-8-22(20)32-25)28-24(31)29(25)19-6-4-5-17(13-19)23(30)27-15-16-9-11-18(26)12-10-16/h2-13,21H,14-15H2,1H3,(H,27,30)(H,28,31). The Morgan fingerprint density at radius 2 is 1.94 bits per heavy atom. The second-order valence-electron chi connectivity index (χ2n) is 8.22. The molecule has 2 aliphatic heterocycles. The van der Waals surface area contributed by atoms with Crippen molar-refractivity contribution in [3.63, 3.8) is 0 Å². The monoisotopic (exact) mass is 431 g/mol. The van der Waals surface area contributed by atoms with Crippen molar-refractivity contribution < 1.29 is 18.7 Å². The number of hydrogen-bond donors (Lipinski definition) is 2. The van der Waals surface area contributed by atoms with Crippen molar-refractivity contribution in [3.8, 4) is 5.75 Å². The Morgan fingerprint density at radius 3 is 2.75 bits per heavy atom. The lowest BCUT2D eigenvalue weighted by Gasteiger charge is -2.50. The summed E-state index contributed by atoms with van der Waals surface area (Å²) in [7, 11) is 0. The summed E-state index contributed by atoms with van der Waals surface area (Å²) in [5.41, 5.74) is 1.85. The number of ether oxygens (including phenoxy) is 1. The molecule has 32 heavy (non-hydrogen) atoms. The predicted octanol–water partition coefficient (Wildman–Crippen LogP) is 4.53. The molecule has 2 N–H and O–H groups in total. The highest BCUT2D eigenvalue weighted by atomic mass is 19.1. The van der Waals surface area contributed by atoms with Crippen molar-refractivity contribution in [2.45, 2.75) is 31.7 Å². The fraction of sp³-hybridized carbons (Fsp3) is 0.200. The number of carbonyl (C=O) groups excluding carboxylic acids is 2. The highest BCUT2D eigenvalue weighted by Gasteiger charge is 2.49. The minimum absolute atomic E-state index is 0.129. The van der Waals surface area contributed by atoms with Crippen molar-refractivity contribution in [1.82, 2.24) is 10.6 Å². The highest BCUT2D eigenvalue weighted by Crippen LogP contribution is 2.45. The Kier molecular flexibility index (Phi) is 4.81. The van der Waals surface area contributed by atoms with Gasteiger partial charge in [0.25, 0.3) is 5.91 Å². The first kappa shape index (κ1) is 20.1. The molecule has 0 spiro atoms. The summed E-state index contributed by atoms with van der Waals surface area (Å²) in [6.45, 7) is 2.16. The van der Waals surface area contributed by atoms with Gasteiger partial charge in [-0.2, -0.15) is 0 Å². The van der Waals surface area contributed by atoms with Crippen LogP contribution in [0.2, 0.25) is 0 Å². The number of amides is 3. The number of fused-ring (bicyclic) bond motifs is 4. The first-order chi connectivity index (χ1) is 15.4. The van der Waals surface area contributed by atoms with Crippen LogP contribution >= 0.6 is 0 Å². The Morgan fingerprint density at radius 1 is 1.16 bits per heavy atom. The number of nitrogens with zero attached hydrogens (tertiary/aromatic N) is 1. The number of urea groups is 1. The minimum Gasteiger partial charge on any atom is -0.467 e. The van der Waals surface area contributed by atoms with Gasteiger partial charge in [0.2, 0.25) is 0 Å². The molecule has 0 radical (unpaired) electrons. The fourth-order valence-electron chi connectivity index (χ4n) is 4.39. The predicted molar refractivity (Wildman–Crippen MR) is 118 cm³/mol. The summed E-state index contributed by atoms with van der Waals surface area (Å²) in [6, 6.07) is 20.1. The zero-order chi connectivity index (χ0) is 22.3. The van der Waals surface area contributed by atoms with E-state index in [2.05, 4.69) is 10.6 Å². The van der Waals surface area contributed by atoms with E-state index in [1.165, 1.54) is 12.1 Å². The third-order valence-corrected chi connectivity index (χ3v) is 5.91. The summed E-state index contributed by atoms with van der Waals surface area (Å²) in [5, 5.41) is 5.88. The number of rotatable bonds is 4. The molecule has 0 saturated carbocycles. The van der Waals surface area contributed by atoms with Gasteiger partial charge in [0.05, 0.1) is 11.7 Å². The molecule has 2 bridgehead atoms. The maximum Gasteiger partial charge on any atom is 0.325 e. The van der Waals surface area contributed by atoms with E-state index in [0.717, 1.165) is 16.9 Å². The lowest BCUT2D eigenvalue weighted by Crippen LogP contribution is -2.65. The molecular formula is C25H22FN3O3. The third kappa shape index (κ3) is 3.56. The Balaban J connectivity index is 1.38. The third-order valence-electron chi connectivity index (χ3n) is 5.91. The number of halogens is 1. The zero-order valence-electron chi connectivity index (χ0n) is 17.5. The van der Waals surface area contributed by atoms with Crippen molar-refractivity contribution in [3.05, 3.63) is 95.3 Å². The van der Waals surface area contributed by atoms with Gasteiger partial charge in [-0.15, -0.1) is 0 Å². The van der Waals surface area contributed by atoms with Gasteiger partial charge >= 0.3 is 6.03 Å². The van der Waals surface area contributed by atoms with Crippen LogP contribution < -0.4 is 20.3 Å². The van der Waals surface area contributed by atoms with Crippen molar-refractivity contribution in [2.75, 3.05) is 4.90 Å². The van der Waals surface area contributed by atoms with Gasteiger partial charge in [0.1, 0.15) is 11.6 Å². The molecule has 162 valence electrons. The van der Waals surface area contributed by atoms with Gasteiger partial charge in [-0.25, -0.2) is 9.18 Å². The normalized spacial score (nSPS) is 21.2. The Hall–Kier alpha value is -3.87. The molecule has 2 atom stereocenters. The SMILES string of the molecule is CC12CC(NC(=O)N1c1cccc(C(=O)NCc3ccc(F)cc3)c1)c1ccccc1O2. The summed E-state index contributed by atoms with van der Waals surface area (Å²) in [6.07, 6.45) is 0.580. The molecule has 7 heteroatoms. The summed E-state index contributed by atoms with van der Waals surface area (Å²) in [5.74, 6) is 0.131. The molecule has 5 rings (SSSR count). The molecule has 3 aromatic rings. The van der Waals surface area contributed by atoms with E-state index in [1.807, 2.05) is 31.2 Å². The smallest absolute Gasteiger partial charge is 0.325 e. The van der Waals surface area contributed by atoms with Crippen LogP contribution in [0.1, 0.15) is 40.9 Å². The van der Waals surface area contributed by atoms with Gasteiger partial charge in [-0.1, -0.05) is 36.4 Å². The summed E-state index contributed by atoms with van der Waals surface area (Å²) >= 11 is 0. The van der Waals surface area contributed by atoms with E-state index in [4.69, 9.17) is 4.74 Å². The number of nitrogens with one attached hydrogen (secondary N) is 2. The first-order valence-electron chi connectivity index (χ1n) is 10.4. The number of anilines is 1. The van der Waals surface area contributed by atoms with Crippen LogP contribution in [0.15, 0.2) is 72.8 Å². The van der Waals surface area contributed by atoms with E-state index in [9.17, 15) is 14.0 Å². The van der Waals surface area contributed by atoms with Crippen molar-refractivity contribution >= 4 is 17.6 Å². The Labute approximate surface area is 185 Å². The van der Waals surface area contributed by atoms with Crippen LogP contribution in [0.4, 0.5) is 14.9 Å². The fourth-order valence-corrected chi connectivity index (χ4v) is 4.39. The maximum absolute atomic E-state index is 13.1. The van der Waals surface area contributed by atoms with E-state index < -0.39 is 5.72 Å². The van der Waals surface area contributed by atoms with Gasteiger partial charge < -0.3 is 15.4 Å². The molecule has 1 saturated heterocycles. The van der Waals surface area contributed by atoms with Crippen LogP contribution in [0.5, 0.6) is 5.75 Å². The molecule has 0 aromatic heterocycles. The molecule has 6 nitrogen and oxygen atoms in total. The highest BCUT2D eigenvalue weighted by molar-refractivity contribution is 5.99. The first-order valence-corrected chi connectivity index (χ1v) is 10.4. The van der Waals surface area contributed by atoms with Crippen molar-refractivity contribution in [2.24, 2.45) is 0 Å². The molecular weight excluding hydrogens is 409 g/mol. The molecule has 3 amide bonds. The zero-order valence-corrected chi connectivity index (χ0v) is 17.5. The molecule has 3 aromatic carbocycles. The van der Waals surface area contributed by atoms with Crippen LogP contribution in [0.3, 0.4) is 0 Å². The maximum atomic E-state index is 13.1. The number of benzene rings is 3. The van der Waals surface area contributed by atoms with E-state index in [1.54, 1.807) is 41.3 Å². The van der Waals surface area contributed by atoms with Crippen LogP contribution in [0, 0.1) is 5.82 Å². The minimum atomic E-state index is -0.884. The summed E-state index contributed by atoms with van der Waals surface area (Å²) < 4.78 is 19.3. The molecule has 2 aliphatic rings. The Bertz CT molecular complexity index is 1200. The largest absolute Gasteiger partial charge is 0.467 e. The molecule has 1 fully saturated rings. The van der Waals surface area contributed by atoms with Gasteiger partial charge in [-0.3, -0.25) is 9.69 Å². The average Bonchev–Trinajstić information content (AvgIpc) is 2.78. The van der Waals surface area contributed by atoms with Gasteiger partial charge in [0, 0.05) is 24.1 Å². The molecule has 2 heterocycles. The molecule has 2 unspecified atom stereocenters. The van der Waals surface area contributed by atoms with E-state index in [-0.39, 0.29) is 30.3 Å². The van der Waals surface area contributed by atoms with Crippen molar-refractivity contribution in [1.29, 1.82) is 0 Å². The lowest BCUT2D eigenvalue weighted by atomic mass is 9.90. The number of carbonyl (C=O) groups is 2. The number of hydrogen-bond acceptors (Lipinski definition) is 3. The van der Waals surface area contributed by atoms with Gasteiger partial charge in [-0.05, 0) is 48.9 Å². The van der Waals surface area contributed by atoms with Crippen LogP contribution in [0.25, 0.3) is 0 Å². The van der Waals surface area contributed by atoms with Gasteiger partial charge in [0.15, 0.2) is 5.72 Å². The van der Waals surface area contributed by atoms with E-state index >= 15 is 0 Å². The molecule has 0 aliphatic carbocycles. The van der Waals surface area contributed by atoms with Crippen LogP contribution in [-0.4, -0.2) is 17.7 Å². The summed E-state index contributed by atoms with van der Waals surface area (Å²) in [4.78, 5) is 27.3.